The summed E-state index contributed by atoms with van der Waals surface area (Å²) in [4.78, 5) is 0. The van der Waals surface area contributed by atoms with Gasteiger partial charge in [-0.2, -0.15) is 0 Å². The molecule has 0 aromatic rings. The largest absolute Gasteiger partial charge is 0.0527 e. The van der Waals surface area contributed by atoms with Gasteiger partial charge < -0.3 is 0 Å². The summed E-state index contributed by atoms with van der Waals surface area (Å²) in [6.07, 6.45) is 7.20. The number of hydrogen-bond donors (Lipinski definition) is 0. The van der Waals surface area contributed by atoms with Gasteiger partial charge in [0.1, 0.15) is 0 Å². The highest BCUT2D eigenvalue weighted by molar-refractivity contribution is 5.03. The Morgan fingerprint density at radius 1 is 1.38 bits per heavy atom. The Kier molecular flexibility index (Phi) is 0.778. The fourth-order valence-corrected chi connectivity index (χ4v) is 2.24. The Morgan fingerprint density at radius 3 is 2.00 bits per heavy atom. The van der Waals surface area contributed by atoms with Crippen molar-refractivity contribution >= 4 is 0 Å². The molecule has 0 atom stereocenters. The van der Waals surface area contributed by atoms with Gasteiger partial charge in [-0.05, 0) is 43.4 Å². The predicted molar refractivity (Wildman–Crippen MR) is 34.4 cm³/mol. The zero-order valence-electron chi connectivity index (χ0n) is 5.32. The van der Waals surface area contributed by atoms with Crippen LogP contribution in [-0.4, -0.2) is 0 Å². The zero-order chi connectivity index (χ0) is 5.61. The molecule has 0 heteroatoms. The van der Waals surface area contributed by atoms with Gasteiger partial charge in [-0.25, -0.2) is 0 Å². The Labute approximate surface area is 51.3 Å². The Bertz CT molecular complexity index is 91.1. The first-order valence-electron chi connectivity index (χ1n) is 3.67. The van der Waals surface area contributed by atoms with E-state index in [4.69, 9.17) is 0 Å². The van der Waals surface area contributed by atoms with E-state index in [9.17, 15) is 0 Å². The number of fused-ring (bicyclic) bond motifs is 1. The van der Waals surface area contributed by atoms with Crippen LogP contribution in [0.25, 0.3) is 0 Å². The summed E-state index contributed by atoms with van der Waals surface area (Å²) in [5.74, 6) is 1.11. The molecule has 8 heavy (non-hydrogen) atoms. The SMILES string of the molecule is [CH2]CC12CCC1CC2. The third-order valence-corrected chi connectivity index (χ3v) is 3.35. The minimum Gasteiger partial charge on any atom is -0.0527 e. The van der Waals surface area contributed by atoms with E-state index in [0.717, 1.165) is 11.3 Å². The molecule has 0 amide bonds. The van der Waals surface area contributed by atoms with Crippen molar-refractivity contribution in [2.75, 3.05) is 0 Å². The van der Waals surface area contributed by atoms with Crippen molar-refractivity contribution in [1.82, 2.24) is 0 Å². The molecule has 2 saturated carbocycles. The van der Waals surface area contributed by atoms with E-state index in [1.54, 1.807) is 0 Å². The van der Waals surface area contributed by atoms with Crippen molar-refractivity contribution in [3.8, 4) is 0 Å². The lowest BCUT2D eigenvalue weighted by molar-refractivity contribution is -0.0717. The summed E-state index contributed by atoms with van der Waals surface area (Å²) in [5.41, 5.74) is 0.792. The summed E-state index contributed by atoms with van der Waals surface area (Å²) in [6, 6.07) is 0. The molecule has 0 aliphatic heterocycles. The minimum atomic E-state index is 0.792. The second-order valence-corrected chi connectivity index (χ2v) is 3.39. The van der Waals surface area contributed by atoms with Gasteiger partial charge in [0, 0.05) is 0 Å². The lowest BCUT2D eigenvalue weighted by Crippen LogP contribution is -2.48. The lowest BCUT2D eigenvalue weighted by Gasteiger charge is -2.58. The highest BCUT2D eigenvalue weighted by atomic mass is 14.6. The molecule has 0 bridgehead atoms. The quantitative estimate of drug-likeness (QED) is 0.485. The molecule has 0 spiro atoms. The van der Waals surface area contributed by atoms with Crippen LogP contribution in [0.15, 0.2) is 0 Å². The second-order valence-electron chi connectivity index (χ2n) is 3.39. The summed E-state index contributed by atoms with van der Waals surface area (Å²) < 4.78 is 0. The van der Waals surface area contributed by atoms with Crippen molar-refractivity contribution < 1.29 is 0 Å². The van der Waals surface area contributed by atoms with Crippen molar-refractivity contribution in [2.45, 2.75) is 32.1 Å². The van der Waals surface area contributed by atoms with Gasteiger partial charge in [0.25, 0.3) is 0 Å². The molecular formula is C8H13. The standard InChI is InChI=1S/C8H13/c1-2-8-5-3-7(8)4-6-8/h7H,1-6H2. The molecule has 0 heterocycles. The van der Waals surface area contributed by atoms with Crippen LogP contribution in [0.3, 0.4) is 0 Å². The van der Waals surface area contributed by atoms with Gasteiger partial charge in [-0.15, -0.1) is 0 Å². The smallest absolute Gasteiger partial charge is 0.0269 e. The van der Waals surface area contributed by atoms with E-state index in [2.05, 4.69) is 6.92 Å². The maximum absolute atomic E-state index is 3.98. The predicted octanol–water partition coefficient (Wildman–Crippen LogP) is 2.40. The molecular weight excluding hydrogens is 96.1 g/mol. The van der Waals surface area contributed by atoms with Crippen LogP contribution in [0.1, 0.15) is 32.1 Å². The van der Waals surface area contributed by atoms with E-state index in [1.807, 2.05) is 0 Å². The van der Waals surface area contributed by atoms with E-state index in [-0.39, 0.29) is 0 Å². The first kappa shape index (κ1) is 4.84. The Morgan fingerprint density at radius 2 is 2.00 bits per heavy atom. The summed E-state index contributed by atoms with van der Waals surface area (Å²) in [5, 5.41) is 0. The zero-order valence-corrected chi connectivity index (χ0v) is 5.32. The lowest BCUT2D eigenvalue weighted by atomic mass is 9.47. The maximum Gasteiger partial charge on any atom is -0.0269 e. The molecule has 0 aromatic carbocycles. The van der Waals surface area contributed by atoms with Crippen LogP contribution < -0.4 is 0 Å². The van der Waals surface area contributed by atoms with Gasteiger partial charge in [0.2, 0.25) is 0 Å². The van der Waals surface area contributed by atoms with Gasteiger partial charge in [-0.1, -0.05) is 6.92 Å². The van der Waals surface area contributed by atoms with Crippen molar-refractivity contribution in [3.63, 3.8) is 0 Å². The van der Waals surface area contributed by atoms with Gasteiger partial charge in [0.15, 0.2) is 0 Å². The minimum absolute atomic E-state index is 0.792. The molecule has 0 aromatic heterocycles. The topological polar surface area (TPSA) is 0 Å². The van der Waals surface area contributed by atoms with Gasteiger partial charge in [0.05, 0.1) is 0 Å². The third kappa shape index (κ3) is 0.340. The van der Waals surface area contributed by atoms with Crippen molar-refractivity contribution in [2.24, 2.45) is 11.3 Å². The fourth-order valence-electron chi connectivity index (χ4n) is 2.24. The summed E-state index contributed by atoms with van der Waals surface area (Å²) in [6.45, 7) is 3.98. The first-order valence-corrected chi connectivity index (χ1v) is 3.67. The summed E-state index contributed by atoms with van der Waals surface area (Å²) in [7, 11) is 0. The number of rotatable bonds is 1. The maximum atomic E-state index is 3.98. The van der Waals surface area contributed by atoms with Crippen LogP contribution >= 0.6 is 0 Å². The van der Waals surface area contributed by atoms with E-state index < -0.39 is 0 Å². The monoisotopic (exact) mass is 109 g/mol. The average molecular weight is 109 g/mol. The van der Waals surface area contributed by atoms with Gasteiger partial charge in [-0.3, -0.25) is 0 Å². The molecule has 0 saturated heterocycles. The molecule has 1 radical (unpaired) electrons. The number of hydrogen-bond acceptors (Lipinski definition) is 0. The van der Waals surface area contributed by atoms with Crippen molar-refractivity contribution in [1.29, 1.82) is 0 Å². The van der Waals surface area contributed by atoms with Gasteiger partial charge >= 0.3 is 0 Å². The third-order valence-electron chi connectivity index (χ3n) is 3.35. The average Bonchev–Trinajstić information content (AvgIpc) is 1.78. The Balaban J connectivity index is 2.05. The molecule has 2 rings (SSSR count). The highest BCUT2D eigenvalue weighted by Crippen LogP contribution is 2.62. The van der Waals surface area contributed by atoms with E-state index in [0.29, 0.717) is 0 Å². The van der Waals surface area contributed by atoms with Crippen LogP contribution in [0.2, 0.25) is 0 Å². The van der Waals surface area contributed by atoms with Crippen molar-refractivity contribution in [3.05, 3.63) is 6.92 Å². The summed E-state index contributed by atoms with van der Waals surface area (Å²) >= 11 is 0. The van der Waals surface area contributed by atoms with Crippen LogP contribution in [-0.2, 0) is 0 Å². The van der Waals surface area contributed by atoms with Crippen LogP contribution in [0.4, 0.5) is 0 Å². The molecule has 2 aliphatic rings. The molecule has 45 valence electrons. The molecule has 0 unspecified atom stereocenters. The Hall–Kier alpha value is 0. The van der Waals surface area contributed by atoms with Crippen LogP contribution in [0, 0.1) is 18.3 Å². The first-order chi connectivity index (χ1) is 3.87. The van der Waals surface area contributed by atoms with E-state index in [1.165, 1.54) is 32.1 Å². The molecule has 0 N–H and O–H groups in total. The molecule has 2 aliphatic carbocycles. The molecule has 2 fully saturated rings. The second kappa shape index (κ2) is 1.29. The highest BCUT2D eigenvalue weighted by Gasteiger charge is 2.51. The molecule has 0 nitrogen and oxygen atoms in total. The van der Waals surface area contributed by atoms with Crippen LogP contribution in [0.5, 0.6) is 0 Å². The van der Waals surface area contributed by atoms with E-state index >= 15 is 0 Å². The fraction of sp³-hybridized carbons (Fsp3) is 0.875. The normalized spacial score (nSPS) is 51.4.